The van der Waals surface area contributed by atoms with E-state index in [9.17, 15) is 12.8 Å². The standard InChI is InChI=1S/C14H10FN3O2S/c15-12-5-6-13(11-4-2-8-17-14(11)12)21(19,20)18-10-3-1-7-16-9-10/h1-9,18H. The molecular formula is C14H10FN3O2S. The van der Waals surface area contributed by atoms with Gasteiger partial charge in [-0.2, -0.15) is 0 Å². The number of pyridine rings is 2. The molecule has 0 saturated heterocycles. The van der Waals surface area contributed by atoms with Gasteiger partial charge in [-0.05, 0) is 36.4 Å². The van der Waals surface area contributed by atoms with Crippen molar-refractivity contribution in [3.8, 4) is 0 Å². The van der Waals surface area contributed by atoms with Crippen molar-refractivity contribution in [1.29, 1.82) is 0 Å². The lowest BCUT2D eigenvalue weighted by Crippen LogP contribution is -2.13. The number of nitrogens with zero attached hydrogens (tertiary/aromatic N) is 2. The third-order valence-electron chi connectivity index (χ3n) is 2.88. The van der Waals surface area contributed by atoms with E-state index in [0.717, 1.165) is 6.07 Å². The van der Waals surface area contributed by atoms with Gasteiger partial charge in [0.05, 0.1) is 16.8 Å². The highest BCUT2D eigenvalue weighted by Gasteiger charge is 2.19. The number of nitrogens with one attached hydrogen (secondary N) is 1. The van der Waals surface area contributed by atoms with Gasteiger partial charge in [0.1, 0.15) is 11.3 Å². The topological polar surface area (TPSA) is 72.0 Å². The van der Waals surface area contributed by atoms with Crippen molar-refractivity contribution in [3.05, 3.63) is 60.8 Å². The van der Waals surface area contributed by atoms with Crippen molar-refractivity contribution in [3.63, 3.8) is 0 Å². The molecule has 21 heavy (non-hydrogen) atoms. The van der Waals surface area contributed by atoms with Crippen molar-refractivity contribution < 1.29 is 12.8 Å². The molecular weight excluding hydrogens is 293 g/mol. The molecule has 0 unspecified atom stereocenters. The van der Waals surface area contributed by atoms with Crippen molar-refractivity contribution in [2.75, 3.05) is 4.72 Å². The van der Waals surface area contributed by atoms with Crippen LogP contribution in [0.15, 0.2) is 59.9 Å². The SMILES string of the molecule is O=S(=O)(Nc1cccnc1)c1ccc(F)c2ncccc12. The largest absolute Gasteiger partial charge is 0.278 e. The third kappa shape index (κ3) is 2.55. The molecule has 2 heterocycles. The fourth-order valence-corrected chi connectivity index (χ4v) is 3.22. The van der Waals surface area contributed by atoms with Crippen LogP contribution in [0.5, 0.6) is 0 Å². The Labute approximate surface area is 120 Å². The lowest BCUT2D eigenvalue weighted by atomic mass is 10.2. The molecule has 0 amide bonds. The van der Waals surface area contributed by atoms with Crippen LogP contribution < -0.4 is 4.72 Å². The zero-order chi connectivity index (χ0) is 14.9. The summed E-state index contributed by atoms with van der Waals surface area (Å²) in [5.74, 6) is -0.564. The Morgan fingerprint density at radius 1 is 1.05 bits per heavy atom. The number of anilines is 1. The van der Waals surface area contributed by atoms with Crippen molar-refractivity contribution >= 4 is 26.6 Å². The maximum Gasteiger partial charge on any atom is 0.262 e. The van der Waals surface area contributed by atoms with Crippen LogP contribution in [0.25, 0.3) is 10.9 Å². The predicted molar refractivity (Wildman–Crippen MR) is 76.7 cm³/mol. The summed E-state index contributed by atoms with van der Waals surface area (Å²) in [4.78, 5) is 7.69. The van der Waals surface area contributed by atoms with Gasteiger partial charge in [-0.25, -0.2) is 12.8 Å². The first-order chi connectivity index (χ1) is 10.1. The maximum absolute atomic E-state index is 13.7. The van der Waals surface area contributed by atoms with Gasteiger partial charge in [0.25, 0.3) is 10.0 Å². The second-order valence-corrected chi connectivity index (χ2v) is 5.94. The van der Waals surface area contributed by atoms with Gasteiger partial charge in [-0.1, -0.05) is 0 Å². The maximum atomic E-state index is 13.7. The lowest BCUT2D eigenvalue weighted by Gasteiger charge is -2.10. The molecule has 0 atom stereocenters. The normalized spacial score (nSPS) is 11.5. The molecule has 5 nitrogen and oxygen atoms in total. The van der Waals surface area contributed by atoms with E-state index >= 15 is 0 Å². The molecule has 3 rings (SSSR count). The van der Waals surface area contributed by atoms with Gasteiger partial charge >= 0.3 is 0 Å². The van der Waals surface area contributed by atoms with Crippen LogP contribution in [0, 0.1) is 5.82 Å². The fourth-order valence-electron chi connectivity index (χ4n) is 1.98. The van der Waals surface area contributed by atoms with E-state index in [4.69, 9.17) is 0 Å². The van der Waals surface area contributed by atoms with Crippen molar-refractivity contribution in [1.82, 2.24) is 9.97 Å². The molecule has 0 saturated carbocycles. The summed E-state index contributed by atoms with van der Waals surface area (Å²) < 4.78 is 41.0. The smallest absolute Gasteiger partial charge is 0.262 e. The fraction of sp³-hybridized carbons (Fsp3) is 0. The Balaban J connectivity index is 2.14. The quantitative estimate of drug-likeness (QED) is 0.807. The molecule has 0 fully saturated rings. The number of sulfonamides is 1. The Kier molecular flexibility index (Phi) is 3.26. The zero-order valence-corrected chi connectivity index (χ0v) is 11.5. The molecule has 0 spiro atoms. The Hall–Kier alpha value is -2.54. The second kappa shape index (κ2) is 5.10. The summed E-state index contributed by atoms with van der Waals surface area (Å²) in [6.45, 7) is 0. The van der Waals surface area contributed by atoms with Crippen LogP contribution in [0.2, 0.25) is 0 Å². The second-order valence-electron chi connectivity index (χ2n) is 4.29. The molecule has 1 aromatic carbocycles. The van der Waals surface area contributed by atoms with Gasteiger partial charge in [-0.15, -0.1) is 0 Å². The average Bonchev–Trinajstić information content (AvgIpc) is 2.48. The molecule has 1 N–H and O–H groups in total. The third-order valence-corrected chi connectivity index (χ3v) is 4.32. The van der Waals surface area contributed by atoms with E-state index in [0.29, 0.717) is 5.69 Å². The van der Waals surface area contributed by atoms with Crippen molar-refractivity contribution in [2.45, 2.75) is 4.90 Å². The Morgan fingerprint density at radius 3 is 2.62 bits per heavy atom. The highest BCUT2D eigenvalue weighted by molar-refractivity contribution is 7.93. The molecule has 0 aliphatic carbocycles. The summed E-state index contributed by atoms with van der Waals surface area (Å²) in [5, 5.41) is 0.230. The minimum absolute atomic E-state index is 0.0200. The minimum atomic E-state index is -3.85. The van der Waals surface area contributed by atoms with Gasteiger partial charge in [0.15, 0.2) is 0 Å². The summed E-state index contributed by atoms with van der Waals surface area (Å²) in [6.07, 6.45) is 4.34. The number of halogens is 1. The minimum Gasteiger partial charge on any atom is -0.278 e. The number of aromatic nitrogens is 2. The first kappa shape index (κ1) is 13.4. The van der Waals surface area contributed by atoms with Gasteiger partial charge in [0, 0.05) is 17.8 Å². The Bertz CT molecular complexity index is 898. The molecule has 0 aliphatic heterocycles. The van der Waals surface area contributed by atoms with E-state index in [1.807, 2.05) is 0 Å². The lowest BCUT2D eigenvalue weighted by molar-refractivity contribution is 0.601. The van der Waals surface area contributed by atoms with Crippen LogP contribution in [0.1, 0.15) is 0 Å². The average molecular weight is 303 g/mol. The van der Waals surface area contributed by atoms with E-state index in [-0.39, 0.29) is 15.8 Å². The molecule has 7 heteroatoms. The number of fused-ring (bicyclic) bond motifs is 1. The van der Waals surface area contributed by atoms with Gasteiger partial charge < -0.3 is 0 Å². The summed E-state index contributed by atoms with van der Waals surface area (Å²) >= 11 is 0. The van der Waals surface area contributed by atoms with Crippen molar-refractivity contribution in [2.24, 2.45) is 0 Å². The first-order valence-corrected chi connectivity index (χ1v) is 7.52. The molecule has 3 aromatic rings. The summed E-state index contributed by atoms with van der Waals surface area (Å²) in [6, 6.07) is 8.58. The molecule has 0 aliphatic rings. The summed E-state index contributed by atoms with van der Waals surface area (Å²) in [7, 11) is -3.85. The van der Waals surface area contributed by atoms with Crippen LogP contribution in [0.3, 0.4) is 0 Å². The van der Waals surface area contributed by atoms with Gasteiger partial charge in [0.2, 0.25) is 0 Å². The highest BCUT2D eigenvalue weighted by Crippen LogP contribution is 2.25. The van der Waals surface area contributed by atoms with Gasteiger partial charge in [-0.3, -0.25) is 14.7 Å². The van der Waals surface area contributed by atoms with E-state index < -0.39 is 15.8 Å². The molecule has 0 radical (unpaired) electrons. The zero-order valence-electron chi connectivity index (χ0n) is 10.7. The Morgan fingerprint density at radius 2 is 1.86 bits per heavy atom. The molecule has 0 bridgehead atoms. The number of hydrogen-bond acceptors (Lipinski definition) is 4. The number of rotatable bonds is 3. The van der Waals surface area contributed by atoms with E-state index in [1.165, 1.54) is 30.7 Å². The number of benzene rings is 1. The monoisotopic (exact) mass is 303 g/mol. The molecule has 2 aromatic heterocycles. The number of hydrogen-bond donors (Lipinski definition) is 1. The highest BCUT2D eigenvalue weighted by atomic mass is 32.2. The van der Waals surface area contributed by atoms with Crippen LogP contribution >= 0.6 is 0 Å². The van der Waals surface area contributed by atoms with Crippen LogP contribution in [0.4, 0.5) is 10.1 Å². The van der Waals surface area contributed by atoms with Crippen LogP contribution in [-0.2, 0) is 10.0 Å². The predicted octanol–water partition coefficient (Wildman–Crippen LogP) is 2.57. The first-order valence-electron chi connectivity index (χ1n) is 6.04. The summed E-state index contributed by atoms with van der Waals surface area (Å²) in [5.41, 5.74) is 0.352. The molecule has 106 valence electrons. The van der Waals surface area contributed by atoms with E-state index in [2.05, 4.69) is 14.7 Å². The van der Waals surface area contributed by atoms with Crippen LogP contribution in [-0.4, -0.2) is 18.4 Å². The van der Waals surface area contributed by atoms with E-state index in [1.54, 1.807) is 18.2 Å².